The van der Waals surface area contributed by atoms with E-state index in [0.717, 1.165) is 17.8 Å². The molecular formula is C22H32Cl2NZr-7. The average Bonchev–Trinajstić information content (AvgIpc) is 3.00. The second kappa shape index (κ2) is 29.0. The van der Waals surface area contributed by atoms with Gasteiger partial charge in [0, 0.05) is 26.2 Å². The first-order valence-electron chi connectivity index (χ1n) is 5.99. The average molecular weight is 473 g/mol. The van der Waals surface area contributed by atoms with Gasteiger partial charge in [-0.2, -0.15) is 6.08 Å². The standard InChI is InChI=1S/C12H10N.C5H5.5CH3.2ClH.Zr/c1-3-7-11(8-4-1)13-12-9-5-2-6-10-12;1-2-4-5-3-1;;;;;;;;/h1-10H;1-3H,4H2;5*1H3;2*1H;/q7*-1;;;. The summed E-state index contributed by atoms with van der Waals surface area (Å²) in [6.45, 7) is 0. The Labute approximate surface area is 195 Å². The fourth-order valence-corrected chi connectivity index (χ4v) is 1.49. The van der Waals surface area contributed by atoms with Gasteiger partial charge in [0.05, 0.1) is 0 Å². The number of hydrogen-bond donors (Lipinski definition) is 0. The predicted molar refractivity (Wildman–Crippen MR) is 124 cm³/mol. The van der Waals surface area contributed by atoms with E-state index in [1.807, 2.05) is 72.8 Å². The summed E-state index contributed by atoms with van der Waals surface area (Å²) in [4.78, 5) is 0. The largest absolute Gasteiger partial charge is 0.658 e. The van der Waals surface area contributed by atoms with Crippen molar-refractivity contribution in [2.24, 2.45) is 0 Å². The second-order valence-corrected chi connectivity index (χ2v) is 3.79. The monoisotopic (exact) mass is 470 g/mol. The molecule has 1 aliphatic carbocycles. The van der Waals surface area contributed by atoms with Crippen molar-refractivity contribution in [2.75, 3.05) is 0 Å². The number of rotatable bonds is 2. The Hall–Kier alpha value is -0.817. The van der Waals surface area contributed by atoms with Crippen LogP contribution in [0.3, 0.4) is 0 Å². The molecule has 1 nitrogen and oxygen atoms in total. The molecule has 0 spiro atoms. The Balaban J connectivity index is -0.0000000500. The molecule has 0 aliphatic heterocycles. The van der Waals surface area contributed by atoms with Crippen LogP contribution in [0.2, 0.25) is 0 Å². The smallest absolute Gasteiger partial charge is 0 e. The number of allylic oxidation sites excluding steroid dienone is 4. The maximum Gasteiger partial charge on any atom is 0 e. The van der Waals surface area contributed by atoms with E-state index < -0.39 is 0 Å². The molecule has 0 saturated carbocycles. The molecule has 0 saturated heterocycles. The van der Waals surface area contributed by atoms with Crippen LogP contribution in [0, 0.1) is 43.2 Å². The van der Waals surface area contributed by atoms with Crippen LogP contribution >= 0.6 is 24.8 Å². The van der Waals surface area contributed by atoms with E-state index in [-0.39, 0.29) is 88.2 Å². The van der Waals surface area contributed by atoms with Gasteiger partial charge in [0.2, 0.25) is 0 Å². The van der Waals surface area contributed by atoms with Crippen molar-refractivity contribution in [3.8, 4) is 0 Å². The van der Waals surface area contributed by atoms with Gasteiger partial charge in [-0.15, -0.1) is 42.6 Å². The minimum Gasteiger partial charge on any atom is -0.658 e. The zero-order valence-corrected chi connectivity index (χ0v) is 20.6. The Morgan fingerprint density at radius 2 is 1.04 bits per heavy atom. The maximum atomic E-state index is 4.44. The van der Waals surface area contributed by atoms with E-state index >= 15 is 0 Å². The van der Waals surface area contributed by atoms with E-state index in [0.29, 0.717) is 0 Å². The Kier molecular flexibility index (Phi) is 49.6. The van der Waals surface area contributed by atoms with Crippen LogP contribution in [-0.4, -0.2) is 0 Å². The van der Waals surface area contributed by atoms with E-state index in [2.05, 4.69) is 17.5 Å². The first-order chi connectivity index (χ1) is 8.95. The summed E-state index contributed by atoms with van der Waals surface area (Å²) in [5.41, 5.74) is 1.99. The van der Waals surface area contributed by atoms with Crippen molar-refractivity contribution >= 4 is 36.2 Å². The SMILES string of the molecule is Cl.Cl.[C-]1=CC=CC1.[CH3-].[CH3-].[CH3-].[CH3-].[CH3-].[Zr].c1ccc([N-]c2ccccc2)cc1. The van der Waals surface area contributed by atoms with Crippen LogP contribution in [0.15, 0.2) is 78.9 Å². The Morgan fingerprint density at radius 3 is 1.27 bits per heavy atom. The molecular weight excluding hydrogens is 440 g/mol. The van der Waals surface area contributed by atoms with Gasteiger partial charge in [0.1, 0.15) is 0 Å². The molecule has 0 heterocycles. The normalized spacial score (nSPS) is 8.15. The number of nitrogens with zero attached hydrogens (tertiary/aromatic N) is 1. The van der Waals surface area contributed by atoms with Gasteiger partial charge in [-0.05, 0) is 0 Å². The third-order valence-corrected chi connectivity index (χ3v) is 2.36. The van der Waals surface area contributed by atoms with Gasteiger partial charge < -0.3 is 42.5 Å². The van der Waals surface area contributed by atoms with Crippen molar-refractivity contribution < 1.29 is 26.2 Å². The van der Waals surface area contributed by atoms with Crippen LogP contribution in [-0.2, 0) is 26.2 Å². The fraction of sp³-hybridized carbons (Fsp3) is 0.0455. The summed E-state index contributed by atoms with van der Waals surface area (Å²) in [7, 11) is 0. The molecule has 0 fully saturated rings. The van der Waals surface area contributed by atoms with Crippen LogP contribution in [0.1, 0.15) is 6.42 Å². The topological polar surface area (TPSA) is 14.1 Å². The molecule has 2 aromatic carbocycles. The number of halogens is 2. The molecule has 26 heavy (non-hydrogen) atoms. The molecule has 1 aliphatic rings. The minimum atomic E-state index is 0. The maximum absolute atomic E-state index is 4.44. The summed E-state index contributed by atoms with van der Waals surface area (Å²) in [6.07, 6.45) is 10.0. The van der Waals surface area contributed by atoms with E-state index in [9.17, 15) is 0 Å². The second-order valence-electron chi connectivity index (χ2n) is 3.79. The molecule has 150 valence electrons. The summed E-state index contributed by atoms with van der Waals surface area (Å²) >= 11 is 0. The molecule has 0 aromatic heterocycles. The molecule has 3 rings (SSSR count). The van der Waals surface area contributed by atoms with E-state index in [4.69, 9.17) is 0 Å². The molecule has 2 aromatic rings. The van der Waals surface area contributed by atoms with Crippen molar-refractivity contribution in [1.29, 1.82) is 0 Å². The number of hydrogen-bond acceptors (Lipinski definition) is 0. The van der Waals surface area contributed by atoms with Gasteiger partial charge in [0.25, 0.3) is 0 Å². The molecule has 0 N–H and O–H groups in total. The van der Waals surface area contributed by atoms with E-state index in [1.165, 1.54) is 0 Å². The van der Waals surface area contributed by atoms with Crippen LogP contribution in [0.5, 0.6) is 0 Å². The molecule has 4 heteroatoms. The Morgan fingerprint density at radius 1 is 0.654 bits per heavy atom. The van der Waals surface area contributed by atoms with Gasteiger partial charge in [-0.25, -0.2) is 12.2 Å². The summed E-state index contributed by atoms with van der Waals surface area (Å²) in [5.74, 6) is 0. The molecule has 0 unspecified atom stereocenters. The summed E-state index contributed by atoms with van der Waals surface area (Å²) in [6, 6.07) is 19.9. The number of para-hydroxylation sites is 2. The Bertz CT molecular complexity index is 467. The first kappa shape index (κ1) is 44.5. The fourth-order valence-electron chi connectivity index (χ4n) is 1.49. The minimum absolute atomic E-state index is 0. The quantitative estimate of drug-likeness (QED) is 0.390. The molecule has 0 radical (unpaired) electrons. The molecule has 0 bridgehead atoms. The molecule has 0 atom stereocenters. The van der Waals surface area contributed by atoms with Crippen LogP contribution < -0.4 is 0 Å². The van der Waals surface area contributed by atoms with Crippen LogP contribution in [0.4, 0.5) is 11.4 Å². The summed E-state index contributed by atoms with van der Waals surface area (Å²) in [5, 5.41) is 4.44. The van der Waals surface area contributed by atoms with Crippen molar-refractivity contribution in [3.05, 3.63) is 127 Å². The van der Waals surface area contributed by atoms with Gasteiger partial charge in [0.15, 0.2) is 0 Å². The van der Waals surface area contributed by atoms with Crippen molar-refractivity contribution in [1.82, 2.24) is 0 Å². The zero-order chi connectivity index (χ0) is 12.5. The number of benzene rings is 2. The third kappa shape index (κ3) is 19.5. The van der Waals surface area contributed by atoms with Crippen molar-refractivity contribution in [2.45, 2.75) is 6.42 Å². The van der Waals surface area contributed by atoms with Gasteiger partial charge in [-0.1, -0.05) is 60.7 Å². The van der Waals surface area contributed by atoms with Gasteiger partial charge >= 0.3 is 0 Å². The first-order valence-corrected chi connectivity index (χ1v) is 5.99. The van der Waals surface area contributed by atoms with Gasteiger partial charge in [-0.3, -0.25) is 6.08 Å². The zero-order valence-electron chi connectivity index (χ0n) is 16.5. The molecule has 0 amide bonds. The van der Waals surface area contributed by atoms with Crippen molar-refractivity contribution in [3.63, 3.8) is 0 Å². The third-order valence-electron chi connectivity index (χ3n) is 2.36. The van der Waals surface area contributed by atoms with E-state index in [1.54, 1.807) is 0 Å². The van der Waals surface area contributed by atoms with Crippen LogP contribution in [0.25, 0.3) is 5.32 Å². The predicted octanol–water partition coefficient (Wildman–Crippen LogP) is 8.42. The summed E-state index contributed by atoms with van der Waals surface area (Å²) < 4.78 is 0.